The van der Waals surface area contributed by atoms with Crippen LogP contribution in [0.2, 0.25) is 0 Å². The second-order valence-electron chi connectivity index (χ2n) is 5.26. The second-order valence-corrected chi connectivity index (χ2v) is 9.77. The van der Waals surface area contributed by atoms with Gasteiger partial charge in [0, 0.05) is 23.5 Å². The lowest BCUT2D eigenvalue weighted by molar-refractivity contribution is 0.559. The molecule has 0 aliphatic carbocycles. The van der Waals surface area contributed by atoms with E-state index in [4.69, 9.17) is 0 Å². The lowest BCUT2D eigenvalue weighted by atomic mass is 10.3. The van der Waals surface area contributed by atoms with Crippen molar-refractivity contribution in [1.29, 1.82) is 0 Å². The number of hydrogen-bond acceptors (Lipinski definition) is 5. The molecular weight excluding hydrogens is 324 g/mol. The van der Waals surface area contributed by atoms with Gasteiger partial charge in [-0.25, -0.2) is 13.1 Å². The van der Waals surface area contributed by atoms with Crippen LogP contribution < -0.4 is 10.0 Å². The van der Waals surface area contributed by atoms with Crippen molar-refractivity contribution in [2.24, 2.45) is 0 Å². The Morgan fingerprint density at radius 1 is 1.29 bits per heavy atom. The maximum Gasteiger partial charge on any atom is 0.250 e. The van der Waals surface area contributed by atoms with Crippen LogP contribution >= 0.6 is 23.1 Å². The summed E-state index contributed by atoms with van der Waals surface area (Å²) in [6, 6.07) is 3.93. The summed E-state index contributed by atoms with van der Waals surface area (Å²) in [7, 11) is -3.38. The molecule has 1 unspecified atom stereocenters. The van der Waals surface area contributed by atoms with E-state index in [2.05, 4.69) is 30.8 Å². The summed E-state index contributed by atoms with van der Waals surface area (Å²) in [4.78, 5) is 1.04. The molecule has 1 atom stereocenters. The fourth-order valence-electron chi connectivity index (χ4n) is 1.69. The van der Waals surface area contributed by atoms with Crippen LogP contribution in [0.3, 0.4) is 0 Å². The summed E-state index contributed by atoms with van der Waals surface area (Å²) in [6.07, 6.45) is 0.852. The summed E-state index contributed by atoms with van der Waals surface area (Å²) in [5.41, 5.74) is 0. The van der Waals surface area contributed by atoms with Gasteiger partial charge in [-0.1, -0.05) is 20.8 Å². The summed E-state index contributed by atoms with van der Waals surface area (Å²) in [5.74, 6) is 2.05. The Morgan fingerprint density at radius 3 is 2.62 bits per heavy atom. The van der Waals surface area contributed by atoms with E-state index >= 15 is 0 Å². The zero-order chi connectivity index (χ0) is 15.9. The summed E-state index contributed by atoms with van der Waals surface area (Å²) in [6.45, 7) is 8.88. The zero-order valence-corrected chi connectivity index (χ0v) is 15.6. The molecule has 0 spiro atoms. The lowest BCUT2D eigenvalue weighted by Gasteiger charge is -2.12. The Bertz CT molecular complexity index is 512. The molecule has 0 bridgehead atoms. The average molecular weight is 351 g/mol. The number of thioether (sulfide) groups is 1. The molecule has 0 radical (unpaired) electrons. The van der Waals surface area contributed by atoms with Gasteiger partial charge >= 0.3 is 0 Å². The van der Waals surface area contributed by atoms with Crippen LogP contribution in [0, 0.1) is 0 Å². The summed E-state index contributed by atoms with van der Waals surface area (Å²) >= 11 is 3.17. The third kappa shape index (κ3) is 7.15. The Labute approximate surface area is 137 Å². The molecule has 4 nitrogen and oxygen atoms in total. The van der Waals surface area contributed by atoms with Crippen molar-refractivity contribution in [1.82, 2.24) is 10.0 Å². The molecule has 0 fully saturated rings. The molecular formula is C14H26N2O2S3. The molecule has 0 aliphatic rings. The Kier molecular flexibility index (Phi) is 8.26. The Balaban J connectivity index is 2.57. The number of nitrogens with one attached hydrogen (secondary N) is 2. The van der Waals surface area contributed by atoms with Gasteiger partial charge in [0.2, 0.25) is 10.0 Å². The molecule has 122 valence electrons. The highest BCUT2D eigenvalue weighted by Gasteiger charge is 2.19. The molecule has 0 aromatic carbocycles. The highest BCUT2D eigenvalue weighted by molar-refractivity contribution is 7.99. The van der Waals surface area contributed by atoms with Crippen molar-refractivity contribution in [3.8, 4) is 0 Å². The van der Waals surface area contributed by atoms with Crippen molar-refractivity contribution in [2.45, 2.75) is 57.0 Å². The van der Waals surface area contributed by atoms with Gasteiger partial charge in [-0.15, -0.1) is 11.3 Å². The topological polar surface area (TPSA) is 58.2 Å². The van der Waals surface area contributed by atoms with Crippen LogP contribution in [0.1, 0.15) is 39.0 Å². The number of thiophene rings is 1. The number of hydrogen-bond donors (Lipinski definition) is 2. The van der Waals surface area contributed by atoms with Gasteiger partial charge in [0.05, 0.1) is 0 Å². The van der Waals surface area contributed by atoms with Gasteiger partial charge in [-0.3, -0.25) is 0 Å². The third-order valence-electron chi connectivity index (χ3n) is 2.84. The lowest BCUT2D eigenvalue weighted by Crippen LogP contribution is -2.32. The minimum atomic E-state index is -3.38. The van der Waals surface area contributed by atoms with E-state index < -0.39 is 10.0 Å². The summed E-state index contributed by atoms with van der Waals surface area (Å²) < 4.78 is 27.8. The maximum absolute atomic E-state index is 12.3. The van der Waals surface area contributed by atoms with Gasteiger partial charge in [-0.2, -0.15) is 11.8 Å². The first-order valence-electron chi connectivity index (χ1n) is 7.27. The molecule has 21 heavy (non-hydrogen) atoms. The van der Waals surface area contributed by atoms with E-state index in [1.807, 2.05) is 24.8 Å². The minimum Gasteiger partial charge on any atom is -0.310 e. The maximum atomic E-state index is 12.3. The molecule has 2 N–H and O–H groups in total. The van der Waals surface area contributed by atoms with Gasteiger partial charge in [-0.05, 0) is 37.0 Å². The first-order chi connectivity index (χ1) is 9.85. The number of rotatable bonds is 10. The van der Waals surface area contributed by atoms with Gasteiger partial charge in [0.1, 0.15) is 4.21 Å². The van der Waals surface area contributed by atoms with E-state index in [0.717, 1.165) is 22.8 Å². The predicted octanol–water partition coefficient (Wildman–Crippen LogP) is 3.06. The molecule has 1 rings (SSSR count). The fraction of sp³-hybridized carbons (Fsp3) is 0.714. The average Bonchev–Trinajstić information content (AvgIpc) is 2.85. The predicted molar refractivity (Wildman–Crippen MR) is 93.7 cm³/mol. The highest BCUT2D eigenvalue weighted by atomic mass is 32.2. The van der Waals surface area contributed by atoms with Crippen LogP contribution in [-0.4, -0.2) is 32.0 Å². The van der Waals surface area contributed by atoms with Crippen LogP contribution in [-0.2, 0) is 16.6 Å². The summed E-state index contributed by atoms with van der Waals surface area (Å²) in [5, 5.41) is 3.29. The van der Waals surface area contributed by atoms with Gasteiger partial charge in [0.15, 0.2) is 0 Å². The zero-order valence-electron chi connectivity index (χ0n) is 13.2. The van der Waals surface area contributed by atoms with Crippen LogP contribution in [0.5, 0.6) is 0 Å². The molecule has 1 aromatic rings. The normalized spacial score (nSPS) is 13.8. The number of sulfonamides is 1. The molecule has 1 aromatic heterocycles. The third-order valence-corrected chi connectivity index (χ3v) is 6.94. The van der Waals surface area contributed by atoms with Crippen LogP contribution in [0.25, 0.3) is 0 Å². The van der Waals surface area contributed by atoms with Gasteiger partial charge < -0.3 is 5.32 Å². The van der Waals surface area contributed by atoms with Crippen molar-refractivity contribution in [3.05, 3.63) is 17.0 Å². The van der Waals surface area contributed by atoms with Crippen molar-refractivity contribution < 1.29 is 8.42 Å². The Hall–Kier alpha value is -0.0800. The SMILES string of the molecule is CCSCCC(C)NS(=O)(=O)c1ccc(CNC(C)C)s1. The molecule has 0 saturated carbocycles. The first kappa shape index (κ1) is 19.0. The van der Waals surface area contributed by atoms with Crippen molar-refractivity contribution in [3.63, 3.8) is 0 Å². The minimum absolute atomic E-state index is 0.0339. The van der Waals surface area contributed by atoms with E-state index in [0.29, 0.717) is 16.8 Å². The Morgan fingerprint density at radius 2 is 2.00 bits per heavy atom. The smallest absolute Gasteiger partial charge is 0.250 e. The van der Waals surface area contributed by atoms with E-state index in [-0.39, 0.29) is 6.04 Å². The molecule has 1 heterocycles. The quantitative estimate of drug-likeness (QED) is 0.637. The van der Waals surface area contributed by atoms with E-state index in [1.165, 1.54) is 11.3 Å². The van der Waals surface area contributed by atoms with Crippen LogP contribution in [0.15, 0.2) is 16.3 Å². The first-order valence-corrected chi connectivity index (χ1v) is 10.7. The van der Waals surface area contributed by atoms with E-state index in [1.54, 1.807) is 6.07 Å². The van der Waals surface area contributed by atoms with E-state index in [9.17, 15) is 8.42 Å². The van der Waals surface area contributed by atoms with Gasteiger partial charge in [0.25, 0.3) is 0 Å². The standard InChI is InChI=1S/C14H26N2O2S3/c1-5-19-9-8-12(4)16-21(17,18)14-7-6-13(20-14)10-15-11(2)3/h6-7,11-12,15-16H,5,8-10H2,1-4H3. The molecule has 0 aliphatic heterocycles. The van der Waals surface area contributed by atoms with Crippen LogP contribution in [0.4, 0.5) is 0 Å². The van der Waals surface area contributed by atoms with Crippen molar-refractivity contribution >= 4 is 33.1 Å². The fourth-order valence-corrected chi connectivity index (χ4v) is 5.10. The monoisotopic (exact) mass is 350 g/mol. The molecule has 0 amide bonds. The largest absolute Gasteiger partial charge is 0.310 e. The second kappa shape index (κ2) is 9.15. The molecule has 0 saturated heterocycles. The van der Waals surface area contributed by atoms with Crippen molar-refractivity contribution in [2.75, 3.05) is 11.5 Å². The highest BCUT2D eigenvalue weighted by Crippen LogP contribution is 2.22. The molecule has 7 heteroatoms.